The molecule has 0 bridgehead atoms. The zero-order chi connectivity index (χ0) is 13.8. The number of aliphatic carboxylic acids is 1. The highest BCUT2D eigenvalue weighted by Crippen LogP contribution is 2.22. The predicted molar refractivity (Wildman–Crippen MR) is 66.3 cm³/mol. The molecule has 0 aromatic carbocycles. The Morgan fingerprint density at radius 2 is 2.37 bits per heavy atom. The van der Waals surface area contributed by atoms with Crippen LogP contribution in [-0.2, 0) is 11.3 Å². The fourth-order valence-electron chi connectivity index (χ4n) is 1.97. The third-order valence-electron chi connectivity index (χ3n) is 3.10. The van der Waals surface area contributed by atoms with E-state index in [0.29, 0.717) is 12.4 Å². The van der Waals surface area contributed by atoms with Crippen molar-refractivity contribution in [2.24, 2.45) is 5.92 Å². The first-order valence-electron chi connectivity index (χ1n) is 6.14. The number of tetrazole rings is 1. The molecule has 0 saturated carbocycles. The van der Waals surface area contributed by atoms with Crippen LogP contribution >= 0.6 is 0 Å². The number of rotatable bonds is 6. The van der Waals surface area contributed by atoms with E-state index < -0.39 is 5.97 Å². The lowest BCUT2D eigenvalue weighted by molar-refractivity contribution is -0.138. The van der Waals surface area contributed by atoms with Crippen molar-refractivity contribution in [3.05, 3.63) is 18.1 Å². The Balaban J connectivity index is 2.20. The molecule has 0 aliphatic rings. The molecule has 19 heavy (non-hydrogen) atoms. The summed E-state index contributed by atoms with van der Waals surface area (Å²) in [6.45, 7) is 4.28. The molecule has 102 valence electrons. The Morgan fingerprint density at radius 3 is 2.95 bits per heavy atom. The van der Waals surface area contributed by atoms with Crippen molar-refractivity contribution < 1.29 is 14.3 Å². The fraction of sp³-hybridized carbons (Fsp3) is 0.500. The molecule has 0 radical (unpaired) electrons. The minimum absolute atomic E-state index is 0.00644. The second-order valence-corrected chi connectivity index (χ2v) is 4.45. The lowest BCUT2D eigenvalue weighted by Gasteiger charge is -2.12. The van der Waals surface area contributed by atoms with Gasteiger partial charge in [-0.15, -0.1) is 5.10 Å². The summed E-state index contributed by atoms with van der Waals surface area (Å²) < 4.78 is 6.87. The zero-order valence-electron chi connectivity index (χ0n) is 10.9. The largest absolute Gasteiger partial charge is 0.481 e. The maximum absolute atomic E-state index is 10.8. The van der Waals surface area contributed by atoms with E-state index >= 15 is 0 Å². The SMILES string of the molecule is CCC(CC(=O)O)Cn1nnnc1-c1ccoc1C. The predicted octanol–water partition coefficient (Wildman–Crippen LogP) is 1.74. The average molecular weight is 264 g/mol. The van der Waals surface area contributed by atoms with Gasteiger partial charge in [-0.3, -0.25) is 4.79 Å². The second-order valence-electron chi connectivity index (χ2n) is 4.45. The first-order valence-corrected chi connectivity index (χ1v) is 6.14. The molecule has 0 saturated heterocycles. The number of carbonyl (C=O) groups is 1. The Hall–Kier alpha value is -2.18. The lowest BCUT2D eigenvalue weighted by atomic mass is 10.0. The molecule has 0 amide bonds. The van der Waals surface area contributed by atoms with Crippen LogP contribution in [0.15, 0.2) is 16.7 Å². The first kappa shape index (κ1) is 13.3. The quantitative estimate of drug-likeness (QED) is 0.854. The smallest absolute Gasteiger partial charge is 0.303 e. The Kier molecular flexibility index (Phi) is 3.94. The molecular formula is C12H16N4O3. The van der Waals surface area contributed by atoms with Gasteiger partial charge in [0, 0.05) is 13.0 Å². The van der Waals surface area contributed by atoms with Gasteiger partial charge in [0.25, 0.3) is 0 Å². The van der Waals surface area contributed by atoms with Crippen LogP contribution in [0, 0.1) is 12.8 Å². The highest BCUT2D eigenvalue weighted by Gasteiger charge is 2.18. The number of aryl methyl sites for hydroxylation is 1. The molecular weight excluding hydrogens is 248 g/mol. The van der Waals surface area contributed by atoms with E-state index in [9.17, 15) is 4.79 Å². The number of hydrogen-bond donors (Lipinski definition) is 1. The van der Waals surface area contributed by atoms with Crippen molar-refractivity contribution in [2.75, 3.05) is 0 Å². The number of carboxylic acids is 1. The van der Waals surface area contributed by atoms with Crippen molar-refractivity contribution in [2.45, 2.75) is 33.2 Å². The molecule has 1 unspecified atom stereocenters. The van der Waals surface area contributed by atoms with Gasteiger partial charge in [-0.25, -0.2) is 4.68 Å². The average Bonchev–Trinajstić information content (AvgIpc) is 2.96. The third kappa shape index (κ3) is 2.98. The van der Waals surface area contributed by atoms with Crippen molar-refractivity contribution in [3.63, 3.8) is 0 Å². The van der Waals surface area contributed by atoms with Gasteiger partial charge in [0.15, 0.2) is 5.82 Å². The molecule has 2 aromatic rings. The molecule has 2 aromatic heterocycles. The summed E-state index contributed by atoms with van der Waals surface area (Å²) in [5.41, 5.74) is 0.829. The summed E-state index contributed by atoms with van der Waals surface area (Å²) in [6.07, 6.45) is 2.45. The number of nitrogens with zero attached hydrogens (tertiary/aromatic N) is 4. The zero-order valence-corrected chi connectivity index (χ0v) is 10.9. The van der Waals surface area contributed by atoms with Crippen LogP contribution in [0.25, 0.3) is 11.4 Å². The molecule has 2 rings (SSSR count). The summed E-state index contributed by atoms with van der Waals surface area (Å²) >= 11 is 0. The lowest BCUT2D eigenvalue weighted by Crippen LogP contribution is -2.16. The normalized spacial score (nSPS) is 12.5. The van der Waals surface area contributed by atoms with Gasteiger partial charge >= 0.3 is 5.97 Å². The Bertz CT molecular complexity index is 561. The summed E-state index contributed by atoms with van der Waals surface area (Å²) in [7, 11) is 0. The van der Waals surface area contributed by atoms with Crippen LogP contribution in [0.1, 0.15) is 25.5 Å². The van der Waals surface area contributed by atoms with E-state index in [4.69, 9.17) is 9.52 Å². The third-order valence-corrected chi connectivity index (χ3v) is 3.10. The van der Waals surface area contributed by atoms with Crippen molar-refractivity contribution in [1.29, 1.82) is 0 Å². The Morgan fingerprint density at radius 1 is 1.58 bits per heavy atom. The molecule has 7 heteroatoms. The Labute approximate surface area is 110 Å². The minimum Gasteiger partial charge on any atom is -0.481 e. The molecule has 2 heterocycles. The van der Waals surface area contributed by atoms with Crippen LogP contribution in [0.3, 0.4) is 0 Å². The van der Waals surface area contributed by atoms with Crippen LogP contribution < -0.4 is 0 Å². The van der Waals surface area contributed by atoms with Gasteiger partial charge in [0.1, 0.15) is 5.76 Å². The number of aromatic nitrogens is 4. The van der Waals surface area contributed by atoms with E-state index in [0.717, 1.165) is 17.7 Å². The molecule has 0 fully saturated rings. The van der Waals surface area contributed by atoms with Crippen LogP contribution in [0.4, 0.5) is 0 Å². The summed E-state index contributed by atoms with van der Waals surface area (Å²) in [5.74, 6) is 0.547. The number of carboxylic acid groups (broad SMARTS) is 1. The molecule has 0 spiro atoms. The van der Waals surface area contributed by atoms with E-state index in [1.54, 1.807) is 17.0 Å². The maximum Gasteiger partial charge on any atom is 0.303 e. The fourth-order valence-corrected chi connectivity index (χ4v) is 1.97. The minimum atomic E-state index is -0.805. The van der Waals surface area contributed by atoms with Crippen LogP contribution in [0.5, 0.6) is 0 Å². The molecule has 7 nitrogen and oxygen atoms in total. The number of hydrogen-bond acceptors (Lipinski definition) is 5. The van der Waals surface area contributed by atoms with E-state index in [-0.39, 0.29) is 12.3 Å². The molecule has 1 atom stereocenters. The summed E-state index contributed by atoms with van der Waals surface area (Å²) in [5, 5.41) is 20.4. The van der Waals surface area contributed by atoms with Gasteiger partial charge in [0.2, 0.25) is 0 Å². The molecule has 0 aliphatic heterocycles. The van der Waals surface area contributed by atoms with Crippen LogP contribution in [0.2, 0.25) is 0 Å². The standard InChI is InChI=1S/C12H16N4O3/c1-3-9(6-11(17)18)7-16-12(13-14-15-16)10-4-5-19-8(10)2/h4-5,9H,3,6-7H2,1-2H3,(H,17,18). The topological polar surface area (TPSA) is 94.0 Å². The number of furan rings is 1. The van der Waals surface area contributed by atoms with Gasteiger partial charge in [0.05, 0.1) is 11.8 Å². The van der Waals surface area contributed by atoms with Crippen molar-refractivity contribution in [1.82, 2.24) is 20.2 Å². The monoisotopic (exact) mass is 264 g/mol. The highest BCUT2D eigenvalue weighted by atomic mass is 16.4. The van der Waals surface area contributed by atoms with Gasteiger partial charge in [-0.2, -0.15) is 0 Å². The van der Waals surface area contributed by atoms with E-state index in [1.165, 1.54) is 0 Å². The van der Waals surface area contributed by atoms with Gasteiger partial charge < -0.3 is 9.52 Å². The first-order chi connectivity index (χ1) is 9.11. The van der Waals surface area contributed by atoms with Crippen molar-refractivity contribution in [3.8, 4) is 11.4 Å². The van der Waals surface area contributed by atoms with Gasteiger partial charge in [-0.05, 0) is 29.3 Å². The van der Waals surface area contributed by atoms with Gasteiger partial charge in [-0.1, -0.05) is 13.3 Å². The summed E-state index contributed by atoms with van der Waals surface area (Å²) in [6, 6.07) is 1.80. The second kappa shape index (κ2) is 5.64. The van der Waals surface area contributed by atoms with E-state index in [2.05, 4.69) is 15.5 Å². The highest BCUT2D eigenvalue weighted by molar-refractivity contribution is 5.67. The van der Waals surface area contributed by atoms with Crippen molar-refractivity contribution >= 4 is 5.97 Å². The molecule has 1 N–H and O–H groups in total. The van der Waals surface area contributed by atoms with Crippen LogP contribution in [-0.4, -0.2) is 31.3 Å². The summed E-state index contributed by atoms with van der Waals surface area (Å²) in [4.78, 5) is 10.8. The van der Waals surface area contributed by atoms with E-state index in [1.807, 2.05) is 13.8 Å². The maximum atomic E-state index is 10.8. The molecule has 0 aliphatic carbocycles.